The molecule has 0 spiro atoms. The average Bonchev–Trinajstić information content (AvgIpc) is 1.77. The molecule has 0 aliphatic carbocycles. The van der Waals surface area contributed by atoms with Gasteiger partial charge in [-0.2, -0.15) is 0 Å². The lowest BCUT2D eigenvalue weighted by Gasteiger charge is -2.23. The molecule has 0 saturated carbocycles. The number of hydrogen-bond acceptors (Lipinski definition) is 2. The molecule has 47 valence electrons. The van der Waals surface area contributed by atoms with Gasteiger partial charge in [-0.05, 0) is 19.3 Å². The largest absolute Gasteiger partial charge is 0.376 e. The standard InChI is InChI=1S/C5H10NO2/c7-5-3-1-2-4-6(5)8/h5,7H,1-4H2. The second-order valence-corrected chi connectivity index (χ2v) is 2.12. The first kappa shape index (κ1) is 6.01. The topological polar surface area (TPSA) is 43.4 Å². The molecule has 0 aromatic heterocycles. The fourth-order valence-electron chi connectivity index (χ4n) is 0.888. The highest BCUT2D eigenvalue weighted by atomic mass is 16.5. The maximum Gasteiger partial charge on any atom is 0.133 e. The number of hydrogen-bond donors (Lipinski definition) is 1. The minimum Gasteiger partial charge on any atom is -0.376 e. The number of hydroxylamine groups is 2. The normalized spacial score (nSPS) is 33.0. The molecule has 0 bridgehead atoms. The molecular formula is C5H10NO2. The van der Waals surface area contributed by atoms with Crippen LogP contribution in [0.15, 0.2) is 0 Å². The van der Waals surface area contributed by atoms with Gasteiger partial charge in [0.25, 0.3) is 0 Å². The van der Waals surface area contributed by atoms with Gasteiger partial charge in [-0.3, -0.25) is 0 Å². The SMILES string of the molecule is [O]N1CCCCC1O. The van der Waals surface area contributed by atoms with E-state index in [0.717, 1.165) is 17.9 Å². The van der Waals surface area contributed by atoms with Gasteiger partial charge in [-0.15, -0.1) is 10.3 Å². The van der Waals surface area contributed by atoms with E-state index in [1.165, 1.54) is 0 Å². The third-order valence-electron chi connectivity index (χ3n) is 1.42. The highest BCUT2D eigenvalue weighted by Crippen LogP contribution is 2.11. The summed E-state index contributed by atoms with van der Waals surface area (Å²) in [5.41, 5.74) is 0. The molecule has 1 aliphatic heterocycles. The maximum absolute atomic E-state index is 10.5. The lowest BCUT2D eigenvalue weighted by Crippen LogP contribution is -2.35. The Bertz CT molecular complexity index is 66.8. The van der Waals surface area contributed by atoms with Crippen molar-refractivity contribution in [3.63, 3.8) is 0 Å². The lowest BCUT2D eigenvalue weighted by molar-refractivity contribution is -0.254. The van der Waals surface area contributed by atoms with Gasteiger partial charge in [0.1, 0.15) is 6.23 Å². The third-order valence-corrected chi connectivity index (χ3v) is 1.42. The number of piperidine rings is 1. The summed E-state index contributed by atoms with van der Waals surface area (Å²) in [5.74, 6) is 0. The van der Waals surface area contributed by atoms with E-state index in [-0.39, 0.29) is 0 Å². The van der Waals surface area contributed by atoms with Crippen molar-refractivity contribution in [2.24, 2.45) is 0 Å². The Kier molecular flexibility index (Phi) is 1.83. The van der Waals surface area contributed by atoms with Crippen LogP contribution in [0.1, 0.15) is 19.3 Å². The third kappa shape index (κ3) is 1.18. The van der Waals surface area contributed by atoms with Crippen LogP contribution in [0.4, 0.5) is 0 Å². The predicted octanol–water partition coefficient (Wildman–Crippen LogP) is 0.136. The van der Waals surface area contributed by atoms with Gasteiger partial charge in [-0.25, -0.2) is 0 Å². The first-order chi connectivity index (χ1) is 3.80. The van der Waals surface area contributed by atoms with Crippen LogP contribution >= 0.6 is 0 Å². The number of aliphatic hydroxyl groups is 1. The van der Waals surface area contributed by atoms with E-state index in [1.54, 1.807) is 0 Å². The summed E-state index contributed by atoms with van der Waals surface area (Å²) >= 11 is 0. The summed E-state index contributed by atoms with van der Waals surface area (Å²) in [4.78, 5) is 0. The first-order valence-electron chi connectivity index (χ1n) is 2.92. The van der Waals surface area contributed by atoms with Gasteiger partial charge in [0.15, 0.2) is 0 Å². The molecule has 0 aromatic carbocycles. The van der Waals surface area contributed by atoms with Crippen LogP contribution in [0.2, 0.25) is 0 Å². The van der Waals surface area contributed by atoms with Crippen molar-refractivity contribution in [1.29, 1.82) is 0 Å². The molecule has 1 saturated heterocycles. The molecule has 0 aromatic rings. The fraction of sp³-hybridized carbons (Fsp3) is 1.00. The zero-order valence-electron chi connectivity index (χ0n) is 4.71. The Hall–Kier alpha value is -0.120. The Labute approximate surface area is 48.5 Å². The van der Waals surface area contributed by atoms with E-state index in [2.05, 4.69) is 0 Å². The number of aliphatic hydroxyl groups excluding tert-OH is 1. The molecule has 1 fully saturated rings. The molecule has 1 N–H and O–H groups in total. The minimum atomic E-state index is -0.719. The molecule has 0 amide bonds. The van der Waals surface area contributed by atoms with Gasteiger partial charge in [-0.1, -0.05) is 0 Å². The van der Waals surface area contributed by atoms with Gasteiger partial charge in [0, 0.05) is 6.54 Å². The second kappa shape index (κ2) is 2.44. The molecule has 1 atom stereocenters. The Morgan fingerprint density at radius 2 is 2.25 bits per heavy atom. The van der Waals surface area contributed by atoms with Crippen molar-refractivity contribution in [2.75, 3.05) is 6.54 Å². The van der Waals surface area contributed by atoms with Crippen LogP contribution in [-0.4, -0.2) is 22.9 Å². The van der Waals surface area contributed by atoms with Crippen LogP contribution in [-0.2, 0) is 5.21 Å². The van der Waals surface area contributed by atoms with Gasteiger partial charge >= 0.3 is 0 Å². The highest BCUT2D eigenvalue weighted by molar-refractivity contribution is 4.59. The molecule has 1 radical (unpaired) electrons. The van der Waals surface area contributed by atoms with E-state index >= 15 is 0 Å². The van der Waals surface area contributed by atoms with Crippen molar-refractivity contribution in [1.82, 2.24) is 5.06 Å². The molecule has 8 heavy (non-hydrogen) atoms. The van der Waals surface area contributed by atoms with Crippen LogP contribution in [0.25, 0.3) is 0 Å². The zero-order valence-corrected chi connectivity index (χ0v) is 4.71. The lowest BCUT2D eigenvalue weighted by atomic mass is 10.1. The first-order valence-corrected chi connectivity index (χ1v) is 2.92. The Morgan fingerprint density at radius 3 is 2.62 bits per heavy atom. The summed E-state index contributed by atoms with van der Waals surface area (Å²) in [6, 6.07) is 0. The van der Waals surface area contributed by atoms with Crippen LogP contribution < -0.4 is 0 Å². The fourth-order valence-corrected chi connectivity index (χ4v) is 0.888. The quantitative estimate of drug-likeness (QED) is 0.489. The number of rotatable bonds is 0. The summed E-state index contributed by atoms with van der Waals surface area (Å²) in [6.45, 7) is 0.501. The van der Waals surface area contributed by atoms with E-state index in [4.69, 9.17) is 5.11 Å². The van der Waals surface area contributed by atoms with E-state index in [1.807, 2.05) is 0 Å². The molecule has 1 heterocycles. The highest BCUT2D eigenvalue weighted by Gasteiger charge is 2.17. The van der Waals surface area contributed by atoms with Gasteiger partial charge in [0.2, 0.25) is 0 Å². The van der Waals surface area contributed by atoms with E-state index in [0.29, 0.717) is 13.0 Å². The molecule has 3 heteroatoms. The molecular weight excluding hydrogens is 106 g/mol. The molecule has 1 unspecified atom stereocenters. The van der Waals surface area contributed by atoms with E-state index in [9.17, 15) is 5.21 Å². The number of nitrogens with zero attached hydrogens (tertiary/aromatic N) is 1. The van der Waals surface area contributed by atoms with Gasteiger partial charge in [0.05, 0.1) is 0 Å². The van der Waals surface area contributed by atoms with Crippen LogP contribution in [0, 0.1) is 0 Å². The van der Waals surface area contributed by atoms with Crippen molar-refractivity contribution in [3.05, 3.63) is 0 Å². The summed E-state index contributed by atoms with van der Waals surface area (Å²) in [7, 11) is 0. The van der Waals surface area contributed by atoms with Crippen molar-refractivity contribution < 1.29 is 10.3 Å². The van der Waals surface area contributed by atoms with E-state index < -0.39 is 6.23 Å². The molecule has 1 rings (SSSR count). The average molecular weight is 116 g/mol. The monoisotopic (exact) mass is 116 g/mol. The molecule has 1 aliphatic rings. The Morgan fingerprint density at radius 1 is 1.50 bits per heavy atom. The van der Waals surface area contributed by atoms with Gasteiger partial charge < -0.3 is 5.11 Å². The Balaban J connectivity index is 2.28. The molecule has 3 nitrogen and oxygen atoms in total. The van der Waals surface area contributed by atoms with Crippen LogP contribution in [0.3, 0.4) is 0 Å². The van der Waals surface area contributed by atoms with Crippen molar-refractivity contribution >= 4 is 0 Å². The minimum absolute atomic E-state index is 0.501. The van der Waals surface area contributed by atoms with Crippen molar-refractivity contribution in [2.45, 2.75) is 25.5 Å². The summed E-state index contributed by atoms with van der Waals surface area (Å²) in [6.07, 6.45) is 1.84. The maximum atomic E-state index is 10.5. The summed E-state index contributed by atoms with van der Waals surface area (Å²) in [5, 5.41) is 20.0. The zero-order chi connectivity index (χ0) is 5.98. The smallest absolute Gasteiger partial charge is 0.133 e. The van der Waals surface area contributed by atoms with Crippen molar-refractivity contribution in [3.8, 4) is 0 Å². The summed E-state index contributed by atoms with van der Waals surface area (Å²) < 4.78 is 0. The van der Waals surface area contributed by atoms with Crippen LogP contribution in [0.5, 0.6) is 0 Å². The predicted molar refractivity (Wildman–Crippen MR) is 27.3 cm³/mol. The second-order valence-electron chi connectivity index (χ2n) is 2.12.